The van der Waals surface area contributed by atoms with E-state index in [1.807, 2.05) is 36.4 Å². The zero-order valence-corrected chi connectivity index (χ0v) is 19.4. The Labute approximate surface area is 183 Å². The number of nitrogens with zero attached hydrogens (tertiary/aromatic N) is 1. The number of hydrogen-bond donors (Lipinski definition) is 0. The first-order valence-corrected chi connectivity index (χ1v) is 10.6. The van der Waals surface area contributed by atoms with E-state index in [0.29, 0.717) is 12.5 Å². The number of rotatable bonds is 5. The predicted molar refractivity (Wildman–Crippen MR) is 117 cm³/mol. The van der Waals surface area contributed by atoms with Crippen LogP contribution < -0.4 is 4.74 Å². The highest BCUT2D eigenvalue weighted by Crippen LogP contribution is 2.36. The molecule has 140 valence electrons. The Hall–Kier alpha value is -1.44. The third kappa shape index (κ3) is 4.89. The molecule has 0 fully saturated rings. The van der Waals surface area contributed by atoms with Gasteiger partial charge in [0.15, 0.2) is 5.70 Å². The van der Waals surface area contributed by atoms with Crippen molar-refractivity contribution in [2.75, 3.05) is 6.61 Å². The minimum Gasteiger partial charge on any atom is -0.491 e. The second-order valence-electron chi connectivity index (χ2n) is 6.33. The fourth-order valence-electron chi connectivity index (χ4n) is 2.37. The molecule has 27 heavy (non-hydrogen) atoms. The van der Waals surface area contributed by atoms with Crippen molar-refractivity contribution >= 4 is 65.7 Å². The van der Waals surface area contributed by atoms with Crippen molar-refractivity contribution in [2.24, 2.45) is 10.9 Å². The van der Waals surface area contributed by atoms with Gasteiger partial charge in [0.2, 0.25) is 5.90 Å². The van der Waals surface area contributed by atoms with E-state index in [1.165, 1.54) is 0 Å². The van der Waals surface area contributed by atoms with E-state index in [2.05, 4.69) is 66.6 Å². The maximum absolute atomic E-state index is 12.2. The van der Waals surface area contributed by atoms with Crippen LogP contribution in [-0.2, 0) is 9.53 Å². The Morgan fingerprint density at radius 3 is 2.41 bits per heavy atom. The van der Waals surface area contributed by atoms with E-state index in [0.717, 1.165) is 30.3 Å². The summed E-state index contributed by atoms with van der Waals surface area (Å²) in [6, 6.07) is 11.2. The molecule has 0 unspecified atom stereocenters. The molecule has 2 aromatic rings. The molecular weight excluding hydrogens is 542 g/mol. The molecule has 0 N–H and O–H groups in total. The van der Waals surface area contributed by atoms with Crippen molar-refractivity contribution in [3.8, 4) is 5.75 Å². The van der Waals surface area contributed by atoms with Gasteiger partial charge in [0, 0.05) is 4.47 Å². The fourth-order valence-corrected chi connectivity index (χ4v) is 4.27. The molecule has 0 spiro atoms. The maximum Gasteiger partial charge on any atom is 0.363 e. The highest BCUT2D eigenvalue weighted by atomic mass is 79.9. The molecule has 0 aliphatic carbocycles. The van der Waals surface area contributed by atoms with Gasteiger partial charge >= 0.3 is 5.97 Å². The van der Waals surface area contributed by atoms with Crippen molar-refractivity contribution in [3.63, 3.8) is 0 Å². The van der Waals surface area contributed by atoms with E-state index in [-0.39, 0.29) is 11.6 Å². The lowest BCUT2D eigenvalue weighted by Crippen LogP contribution is -2.06. The van der Waals surface area contributed by atoms with Crippen LogP contribution in [0.25, 0.3) is 6.08 Å². The fraction of sp³-hybridized carbons (Fsp3) is 0.200. The van der Waals surface area contributed by atoms with Gasteiger partial charge in [-0.3, -0.25) is 0 Å². The molecule has 0 atom stereocenters. The number of aliphatic imine (C=N–C) groups is 1. The van der Waals surface area contributed by atoms with E-state index in [1.54, 1.807) is 6.08 Å². The second-order valence-corrected chi connectivity index (χ2v) is 8.90. The van der Waals surface area contributed by atoms with Crippen molar-refractivity contribution in [1.29, 1.82) is 0 Å². The first-order valence-electron chi connectivity index (χ1n) is 8.24. The molecule has 1 aliphatic heterocycles. The van der Waals surface area contributed by atoms with Gasteiger partial charge in [0.05, 0.1) is 21.1 Å². The van der Waals surface area contributed by atoms with E-state index < -0.39 is 5.97 Å². The molecule has 7 heteroatoms. The van der Waals surface area contributed by atoms with Gasteiger partial charge in [0.1, 0.15) is 5.75 Å². The average Bonchev–Trinajstić information content (AvgIpc) is 2.94. The number of cyclic esters (lactones) is 1. The summed E-state index contributed by atoms with van der Waals surface area (Å²) >= 11 is 10.5. The van der Waals surface area contributed by atoms with Crippen LogP contribution in [0.4, 0.5) is 0 Å². The van der Waals surface area contributed by atoms with Gasteiger partial charge in [-0.2, -0.15) is 0 Å². The van der Waals surface area contributed by atoms with Crippen molar-refractivity contribution in [1.82, 2.24) is 0 Å². The minimum atomic E-state index is -0.479. The lowest BCUT2D eigenvalue weighted by Gasteiger charge is -2.13. The van der Waals surface area contributed by atoms with Gasteiger partial charge in [-0.15, -0.1) is 0 Å². The second kappa shape index (κ2) is 8.71. The Morgan fingerprint density at radius 2 is 1.78 bits per heavy atom. The van der Waals surface area contributed by atoms with Crippen molar-refractivity contribution < 1.29 is 14.3 Å². The Balaban J connectivity index is 1.90. The zero-order chi connectivity index (χ0) is 19.6. The van der Waals surface area contributed by atoms with Crippen LogP contribution in [0, 0.1) is 5.92 Å². The number of ether oxygens (including phenoxy) is 2. The summed E-state index contributed by atoms with van der Waals surface area (Å²) < 4.78 is 13.6. The SMILES string of the molecule is CC(C)COc1c(Br)cc(/C=C2\N=C(c3ccccc3Br)OC2=O)cc1Br. The number of esters is 1. The topological polar surface area (TPSA) is 47.9 Å². The highest BCUT2D eigenvalue weighted by Gasteiger charge is 2.25. The molecule has 0 saturated heterocycles. The summed E-state index contributed by atoms with van der Waals surface area (Å²) in [5.41, 5.74) is 1.78. The normalized spacial score (nSPS) is 15.3. The van der Waals surface area contributed by atoms with Crippen LogP contribution in [0.5, 0.6) is 5.75 Å². The minimum absolute atomic E-state index is 0.246. The quantitative estimate of drug-likeness (QED) is 0.318. The largest absolute Gasteiger partial charge is 0.491 e. The van der Waals surface area contributed by atoms with Gasteiger partial charge in [-0.25, -0.2) is 9.79 Å². The van der Waals surface area contributed by atoms with Crippen molar-refractivity contribution in [3.05, 3.63) is 66.6 Å². The molecule has 0 radical (unpaired) electrons. The van der Waals surface area contributed by atoms with Crippen LogP contribution in [0.3, 0.4) is 0 Å². The summed E-state index contributed by atoms with van der Waals surface area (Å²) in [5, 5.41) is 0. The average molecular weight is 558 g/mol. The molecule has 0 amide bonds. The number of carbonyl (C=O) groups excluding carboxylic acids is 1. The van der Waals surface area contributed by atoms with Crippen LogP contribution in [0.15, 0.2) is 60.5 Å². The maximum atomic E-state index is 12.2. The van der Waals surface area contributed by atoms with Gasteiger partial charge in [-0.05, 0) is 89.6 Å². The van der Waals surface area contributed by atoms with Gasteiger partial charge in [-0.1, -0.05) is 26.0 Å². The Kier molecular flexibility index (Phi) is 6.55. The first kappa shape index (κ1) is 20.3. The zero-order valence-electron chi connectivity index (χ0n) is 14.6. The smallest absolute Gasteiger partial charge is 0.363 e. The molecule has 2 aromatic carbocycles. The number of benzene rings is 2. The van der Waals surface area contributed by atoms with Gasteiger partial charge in [0.25, 0.3) is 0 Å². The number of hydrogen-bond acceptors (Lipinski definition) is 4. The molecule has 3 rings (SSSR count). The molecule has 1 aliphatic rings. The van der Waals surface area contributed by atoms with E-state index >= 15 is 0 Å². The molecule has 0 aromatic heterocycles. The standard InChI is InChI=1S/C20H16Br3NO3/c1-11(2)10-26-18-15(22)7-12(8-16(18)23)9-17-20(25)27-19(24-17)13-5-3-4-6-14(13)21/h3-9,11H,10H2,1-2H3/b17-9-. The van der Waals surface area contributed by atoms with Crippen LogP contribution in [0.1, 0.15) is 25.0 Å². The molecule has 0 saturated carbocycles. The predicted octanol–water partition coefficient (Wildman–Crippen LogP) is 6.35. The first-order chi connectivity index (χ1) is 12.8. The van der Waals surface area contributed by atoms with E-state index in [4.69, 9.17) is 9.47 Å². The summed E-state index contributed by atoms with van der Waals surface area (Å²) in [6.45, 7) is 4.80. The lowest BCUT2D eigenvalue weighted by atomic mass is 10.2. The van der Waals surface area contributed by atoms with E-state index in [9.17, 15) is 4.79 Å². The monoisotopic (exact) mass is 555 g/mol. The third-order valence-corrected chi connectivity index (χ3v) is 5.48. The van der Waals surface area contributed by atoms with Crippen LogP contribution >= 0.6 is 47.8 Å². The molecular formula is C20H16Br3NO3. The number of carbonyl (C=O) groups is 1. The highest BCUT2D eigenvalue weighted by molar-refractivity contribution is 9.11. The molecule has 1 heterocycles. The van der Waals surface area contributed by atoms with Crippen LogP contribution in [0.2, 0.25) is 0 Å². The number of halogens is 3. The Bertz CT molecular complexity index is 928. The summed E-state index contributed by atoms with van der Waals surface area (Å²) in [6.07, 6.45) is 1.69. The van der Waals surface area contributed by atoms with Crippen LogP contribution in [-0.4, -0.2) is 18.5 Å². The summed E-state index contributed by atoms with van der Waals surface area (Å²) in [4.78, 5) is 16.6. The lowest BCUT2D eigenvalue weighted by molar-refractivity contribution is -0.129. The summed E-state index contributed by atoms with van der Waals surface area (Å²) in [5.74, 6) is 0.961. The summed E-state index contributed by atoms with van der Waals surface area (Å²) in [7, 11) is 0. The molecule has 0 bridgehead atoms. The molecule has 4 nitrogen and oxygen atoms in total. The van der Waals surface area contributed by atoms with Gasteiger partial charge < -0.3 is 9.47 Å². The third-order valence-electron chi connectivity index (χ3n) is 3.61. The van der Waals surface area contributed by atoms with Crippen molar-refractivity contribution in [2.45, 2.75) is 13.8 Å². The Morgan fingerprint density at radius 1 is 1.11 bits per heavy atom.